The van der Waals surface area contributed by atoms with Crippen molar-refractivity contribution in [3.05, 3.63) is 0 Å². The Morgan fingerprint density at radius 2 is 2.40 bits per heavy atom. The highest BCUT2D eigenvalue weighted by Crippen LogP contribution is 2.02. The highest BCUT2D eigenvalue weighted by Gasteiger charge is 2.24. The Labute approximate surface area is 55.7 Å². The number of carbonyl (C=O) groups excluding carboxylic acids is 1. The second kappa shape index (κ2) is 1.69. The molecule has 2 aliphatic rings. The Morgan fingerprint density at radius 1 is 1.50 bits per heavy atom. The van der Waals surface area contributed by atoms with Crippen LogP contribution in [0.5, 0.6) is 0 Å². The van der Waals surface area contributed by atoms with Gasteiger partial charge in [0.25, 0.3) is 5.91 Å². The maximum absolute atomic E-state index is 10.8. The molecule has 2 aliphatic heterocycles. The first-order valence-corrected chi connectivity index (χ1v) is 2.69. The molecule has 0 aromatic heterocycles. The SMILES string of the molecule is O=C1NCN=C2N=NN=C12. The topological polar surface area (TPSA) is 78.5 Å². The quantitative estimate of drug-likeness (QED) is 0.470. The van der Waals surface area contributed by atoms with E-state index in [2.05, 4.69) is 25.7 Å². The van der Waals surface area contributed by atoms with Crippen LogP contribution in [0.15, 0.2) is 20.4 Å². The fourth-order valence-electron chi connectivity index (χ4n) is 0.725. The van der Waals surface area contributed by atoms with Gasteiger partial charge in [-0.2, -0.15) is 0 Å². The van der Waals surface area contributed by atoms with Gasteiger partial charge in [-0.05, 0) is 5.22 Å². The first-order valence-electron chi connectivity index (χ1n) is 2.69. The molecule has 50 valence electrons. The van der Waals surface area contributed by atoms with Gasteiger partial charge < -0.3 is 5.32 Å². The summed E-state index contributed by atoms with van der Waals surface area (Å²) in [5.41, 5.74) is 0.214. The van der Waals surface area contributed by atoms with Crippen molar-refractivity contribution in [3.8, 4) is 0 Å². The zero-order valence-corrected chi connectivity index (χ0v) is 4.90. The van der Waals surface area contributed by atoms with Crippen molar-refractivity contribution in [2.24, 2.45) is 20.4 Å². The van der Waals surface area contributed by atoms with Crippen molar-refractivity contribution in [3.63, 3.8) is 0 Å². The first kappa shape index (κ1) is 5.21. The third-order valence-corrected chi connectivity index (χ3v) is 1.18. The molecule has 6 heteroatoms. The fourth-order valence-corrected chi connectivity index (χ4v) is 0.725. The second-order valence-electron chi connectivity index (χ2n) is 1.78. The predicted octanol–water partition coefficient (Wildman–Crippen LogP) is -0.706. The number of amidine groups is 1. The summed E-state index contributed by atoms with van der Waals surface area (Å²) in [6.07, 6.45) is 0. The van der Waals surface area contributed by atoms with Gasteiger partial charge in [0.15, 0.2) is 5.71 Å². The Morgan fingerprint density at radius 3 is 3.20 bits per heavy atom. The van der Waals surface area contributed by atoms with Crippen LogP contribution in [0, 0.1) is 0 Å². The average molecular weight is 137 g/mol. The molecule has 0 aliphatic carbocycles. The van der Waals surface area contributed by atoms with E-state index in [-0.39, 0.29) is 18.3 Å². The van der Waals surface area contributed by atoms with Crippen LogP contribution in [0.25, 0.3) is 0 Å². The Hall–Kier alpha value is -1.59. The van der Waals surface area contributed by atoms with Crippen LogP contribution >= 0.6 is 0 Å². The van der Waals surface area contributed by atoms with Gasteiger partial charge in [-0.3, -0.25) is 4.79 Å². The van der Waals surface area contributed by atoms with Crippen LogP contribution in [-0.4, -0.2) is 24.1 Å². The smallest absolute Gasteiger partial charge is 0.277 e. The third kappa shape index (κ3) is 0.554. The van der Waals surface area contributed by atoms with Gasteiger partial charge in [-0.1, -0.05) is 0 Å². The number of nitrogens with zero attached hydrogens (tertiary/aromatic N) is 4. The van der Waals surface area contributed by atoms with Crippen molar-refractivity contribution >= 4 is 17.5 Å². The summed E-state index contributed by atoms with van der Waals surface area (Å²) >= 11 is 0. The largest absolute Gasteiger partial charge is 0.331 e. The van der Waals surface area contributed by atoms with Gasteiger partial charge >= 0.3 is 0 Å². The number of fused-ring (bicyclic) bond motifs is 1. The number of nitrogens with one attached hydrogen (secondary N) is 1. The monoisotopic (exact) mass is 137 g/mol. The van der Waals surface area contributed by atoms with Crippen LogP contribution in [0.4, 0.5) is 0 Å². The van der Waals surface area contributed by atoms with Crippen molar-refractivity contribution in [1.82, 2.24) is 5.32 Å². The van der Waals surface area contributed by atoms with Gasteiger partial charge in [0, 0.05) is 0 Å². The van der Waals surface area contributed by atoms with Crippen LogP contribution < -0.4 is 5.32 Å². The minimum Gasteiger partial charge on any atom is -0.331 e. The van der Waals surface area contributed by atoms with Gasteiger partial charge in [0.1, 0.15) is 6.67 Å². The van der Waals surface area contributed by atoms with Crippen molar-refractivity contribution in [1.29, 1.82) is 0 Å². The maximum atomic E-state index is 10.8. The summed E-state index contributed by atoms with van der Waals surface area (Å²) < 4.78 is 0. The summed E-state index contributed by atoms with van der Waals surface area (Å²) in [7, 11) is 0. The summed E-state index contributed by atoms with van der Waals surface area (Å²) in [4.78, 5) is 14.7. The number of hydrogen-bond donors (Lipinski definition) is 1. The minimum atomic E-state index is -0.255. The van der Waals surface area contributed by atoms with Crippen LogP contribution in [0.2, 0.25) is 0 Å². The Kier molecular flexibility index (Phi) is 0.883. The molecule has 0 spiro atoms. The predicted molar refractivity (Wildman–Crippen MR) is 32.7 cm³/mol. The van der Waals surface area contributed by atoms with Gasteiger partial charge in [0.2, 0.25) is 5.84 Å². The lowest BCUT2D eigenvalue weighted by molar-refractivity contribution is -0.114. The number of aliphatic imine (C=N–C) groups is 1. The van der Waals surface area contributed by atoms with Gasteiger partial charge in [-0.25, -0.2) is 4.99 Å². The van der Waals surface area contributed by atoms with E-state index in [4.69, 9.17) is 0 Å². The van der Waals surface area contributed by atoms with Gasteiger partial charge in [-0.15, -0.1) is 10.2 Å². The standard InChI is InChI=1S/C4H3N5O/c10-4-2-3(5-1-6-4)8-9-7-2/h1H2,(H,6,10). The third-order valence-electron chi connectivity index (χ3n) is 1.18. The molecule has 0 atom stereocenters. The van der Waals surface area contributed by atoms with E-state index in [1.807, 2.05) is 0 Å². The molecule has 0 unspecified atom stereocenters. The van der Waals surface area contributed by atoms with E-state index in [1.165, 1.54) is 0 Å². The lowest BCUT2D eigenvalue weighted by Crippen LogP contribution is -2.38. The Balaban J connectivity index is 2.46. The summed E-state index contributed by atoms with van der Waals surface area (Å²) in [6, 6.07) is 0. The molecule has 0 aromatic rings. The molecule has 6 nitrogen and oxygen atoms in total. The molecular formula is C4H3N5O. The molecule has 0 radical (unpaired) electrons. The first-order chi connectivity index (χ1) is 4.88. The lowest BCUT2D eigenvalue weighted by Gasteiger charge is -2.05. The molecular weight excluding hydrogens is 134 g/mol. The molecule has 0 saturated heterocycles. The van der Waals surface area contributed by atoms with Crippen molar-refractivity contribution < 1.29 is 4.79 Å². The van der Waals surface area contributed by atoms with E-state index in [0.29, 0.717) is 5.84 Å². The zero-order valence-electron chi connectivity index (χ0n) is 4.90. The van der Waals surface area contributed by atoms with E-state index >= 15 is 0 Å². The van der Waals surface area contributed by atoms with Crippen molar-refractivity contribution in [2.45, 2.75) is 0 Å². The van der Waals surface area contributed by atoms with Crippen molar-refractivity contribution in [2.75, 3.05) is 6.67 Å². The van der Waals surface area contributed by atoms with E-state index in [0.717, 1.165) is 0 Å². The molecule has 10 heavy (non-hydrogen) atoms. The van der Waals surface area contributed by atoms with E-state index in [1.54, 1.807) is 0 Å². The summed E-state index contributed by atoms with van der Waals surface area (Å²) in [5, 5.41) is 12.8. The van der Waals surface area contributed by atoms with Gasteiger partial charge in [0.05, 0.1) is 0 Å². The highest BCUT2D eigenvalue weighted by atomic mass is 16.2. The molecule has 2 rings (SSSR count). The molecule has 0 bridgehead atoms. The summed E-state index contributed by atoms with van der Waals surface area (Å²) in [5.74, 6) is 0.0822. The maximum Gasteiger partial charge on any atom is 0.277 e. The fraction of sp³-hybridized carbons (Fsp3) is 0.250. The highest BCUT2D eigenvalue weighted by molar-refractivity contribution is 6.67. The normalized spacial score (nSPS) is 21.4. The van der Waals surface area contributed by atoms with Crippen LogP contribution in [-0.2, 0) is 4.79 Å². The molecule has 0 fully saturated rings. The van der Waals surface area contributed by atoms with Crippen LogP contribution in [0.3, 0.4) is 0 Å². The Bertz CT molecular complexity index is 275. The number of carbonyl (C=O) groups is 1. The minimum absolute atomic E-state index is 0.214. The lowest BCUT2D eigenvalue weighted by atomic mass is 10.3. The van der Waals surface area contributed by atoms with E-state index in [9.17, 15) is 4.79 Å². The number of amides is 1. The molecule has 1 N–H and O–H groups in total. The average Bonchev–Trinajstić information content (AvgIpc) is 2.36. The molecule has 2 heterocycles. The summed E-state index contributed by atoms with van der Waals surface area (Å²) in [6.45, 7) is 0.270. The second-order valence-corrected chi connectivity index (χ2v) is 1.78. The number of rotatable bonds is 0. The number of hydrogen-bond acceptors (Lipinski definition) is 5. The molecule has 1 amide bonds. The zero-order chi connectivity index (χ0) is 6.97. The molecule has 0 saturated carbocycles. The van der Waals surface area contributed by atoms with E-state index < -0.39 is 0 Å². The molecule has 0 aromatic carbocycles. The van der Waals surface area contributed by atoms with Crippen LogP contribution in [0.1, 0.15) is 0 Å².